The van der Waals surface area contributed by atoms with Crippen molar-refractivity contribution in [3.63, 3.8) is 0 Å². The standard InChI is InChI=1S/C11H10Cl2N4O2/c1-14-9-15-10(18)17(11(19)16(9)2)6-3-4-7(12)8(13)5-6/h3-5H,1-2H3,(H,14,15,18). The molecule has 0 saturated carbocycles. The maximum atomic E-state index is 12.1. The molecule has 0 amide bonds. The monoisotopic (exact) mass is 300 g/mol. The zero-order valence-corrected chi connectivity index (χ0v) is 11.7. The molecule has 0 atom stereocenters. The van der Waals surface area contributed by atoms with Crippen molar-refractivity contribution in [1.82, 2.24) is 14.1 Å². The van der Waals surface area contributed by atoms with Crippen LogP contribution in [-0.2, 0) is 7.05 Å². The van der Waals surface area contributed by atoms with Crippen molar-refractivity contribution in [3.8, 4) is 5.69 Å². The molecule has 1 N–H and O–H groups in total. The molecule has 0 fully saturated rings. The van der Waals surface area contributed by atoms with Crippen molar-refractivity contribution in [2.45, 2.75) is 0 Å². The van der Waals surface area contributed by atoms with Crippen LogP contribution in [0.3, 0.4) is 0 Å². The number of hydrogen-bond acceptors (Lipinski definition) is 4. The zero-order chi connectivity index (χ0) is 14.2. The number of halogens is 2. The lowest BCUT2D eigenvalue weighted by atomic mass is 10.3. The van der Waals surface area contributed by atoms with Crippen LogP contribution in [0, 0.1) is 0 Å². The van der Waals surface area contributed by atoms with Crippen molar-refractivity contribution in [2.75, 3.05) is 12.4 Å². The zero-order valence-electron chi connectivity index (χ0n) is 10.1. The van der Waals surface area contributed by atoms with E-state index in [9.17, 15) is 9.59 Å². The first-order valence-electron chi connectivity index (χ1n) is 5.29. The van der Waals surface area contributed by atoms with E-state index in [1.807, 2.05) is 0 Å². The van der Waals surface area contributed by atoms with Crippen molar-refractivity contribution in [1.29, 1.82) is 0 Å². The molecule has 6 nitrogen and oxygen atoms in total. The van der Waals surface area contributed by atoms with Crippen molar-refractivity contribution >= 4 is 29.2 Å². The van der Waals surface area contributed by atoms with Crippen molar-refractivity contribution in [2.24, 2.45) is 7.05 Å². The van der Waals surface area contributed by atoms with E-state index >= 15 is 0 Å². The highest BCUT2D eigenvalue weighted by Gasteiger charge is 2.12. The summed E-state index contributed by atoms with van der Waals surface area (Å²) in [4.78, 5) is 27.8. The summed E-state index contributed by atoms with van der Waals surface area (Å²) in [6.45, 7) is 0. The number of hydrogen-bond donors (Lipinski definition) is 1. The van der Waals surface area contributed by atoms with Gasteiger partial charge in [0.25, 0.3) is 0 Å². The molecule has 8 heteroatoms. The molecule has 0 saturated heterocycles. The molecular formula is C11H10Cl2N4O2. The fourth-order valence-electron chi connectivity index (χ4n) is 1.61. The number of nitrogens with zero attached hydrogens (tertiary/aromatic N) is 3. The molecule has 1 aromatic carbocycles. The average Bonchev–Trinajstić information content (AvgIpc) is 2.38. The quantitative estimate of drug-likeness (QED) is 0.907. The Bertz CT molecular complexity index is 751. The maximum absolute atomic E-state index is 12.1. The van der Waals surface area contributed by atoms with E-state index in [0.29, 0.717) is 10.7 Å². The second-order valence-corrected chi connectivity index (χ2v) is 4.56. The third kappa shape index (κ3) is 2.36. The highest BCUT2D eigenvalue weighted by atomic mass is 35.5. The average molecular weight is 301 g/mol. The van der Waals surface area contributed by atoms with E-state index in [1.165, 1.54) is 29.8 Å². The van der Waals surface area contributed by atoms with Gasteiger partial charge in [-0.15, -0.1) is 0 Å². The van der Waals surface area contributed by atoms with Crippen LogP contribution >= 0.6 is 23.2 Å². The number of benzene rings is 1. The summed E-state index contributed by atoms with van der Waals surface area (Å²) in [6.07, 6.45) is 0. The second kappa shape index (κ2) is 5.07. The van der Waals surface area contributed by atoms with Crippen LogP contribution in [0.5, 0.6) is 0 Å². The summed E-state index contributed by atoms with van der Waals surface area (Å²) < 4.78 is 2.15. The predicted molar refractivity (Wildman–Crippen MR) is 74.6 cm³/mol. The van der Waals surface area contributed by atoms with Gasteiger partial charge in [0, 0.05) is 14.1 Å². The summed E-state index contributed by atoms with van der Waals surface area (Å²) in [5, 5.41) is 3.27. The molecule has 0 aliphatic rings. The molecule has 2 aromatic rings. The van der Waals surface area contributed by atoms with Gasteiger partial charge in [0.2, 0.25) is 5.95 Å². The van der Waals surface area contributed by atoms with Crippen LogP contribution < -0.4 is 16.7 Å². The van der Waals surface area contributed by atoms with Crippen LogP contribution in [0.15, 0.2) is 27.8 Å². The number of anilines is 1. The molecule has 1 aromatic heterocycles. The number of aromatic nitrogens is 3. The SMILES string of the molecule is CNc1nc(=O)n(-c2ccc(Cl)c(Cl)c2)c(=O)n1C. The molecule has 0 aliphatic heterocycles. The fourth-order valence-corrected chi connectivity index (χ4v) is 1.90. The first-order chi connectivity index (χ1) is 8.95. The summed E-state index contributed by atoms with van der Waals surface area (Å²) in [6, 6.07) is 4.47. The smallest absolute Gasteiger partial charge is 0.358 e. The molecule has 0 spiro atoms. The van der Waals surface area contributed by atoms with Gasteiger partial charge in [-0.1, -0.05) is 23.2 Å². The second-order valence-electron chi connectivity index (χ2n) is 3.74. The molecule has 0 bridgehead atoms. The highest BCUT2D eigenvalue weighted by molar-refractivity contribution is 6.42. The Kier molecular flexibility index (Phi) is 3.64. The van der Waals surface area contributed by atoms with Gasteiger partial charge in [-0.3, -0.25) is 4.57 Å². The van der Waals surface area contributed by atoms with Gasteiger partial charge in [0.1, 0.15) is 0 Å². The minimum absolute atomic E-state index is 0.186. The predicted octanol–water partition coefficient (Wildman–Crippen LogP) is 1.28. The van der Waals surface area contributed by atoms with E-state index in [4.69, 9.17) is 23.2 Å². The molecule has 100 valence electrons. The molecule has 0 radical (unpaired) electrons. The Labute approximate surface area is 118 Å². The van der Waals surface area contributed by atoms with Gasteiger partial charge >= 0.3 is 11.4 Å². The van der Waals surface area contributed by atoms with Crippen LogP contribution in [-0.4, -0.2) is 21.2 Å². The Balaban J connectivity index is 2.76. The summed E-state index contributed by atoms with van der Waals surface area (Å²) in [7, 11) is 3.08. The first-order valence-corrected chi connectivity index (χ1v) is 6.04. The van der Waals surface area contributed by atoms with E-state index < -0.39 is 11.4 Å². The lowest BCUT2D eigenvalue weighted by Crippen LogP contribution is -2.40. The minimum atomic E-state index is -0.689. The number of rotatable bonds is 2. The van der Waals surface area contributed by atoms with Gasteiger partial charge in [0.05, 0.1) is 15.7 Å². The van der Waals surface area contributed by atoms with E-state index in [2.05, 4.69) is 10.3 Å². The van der Waals surface area contributed by atoms with E-state index in [1.54, 1.807) is 7.05 Å². The number of nitrogens with one attached hydrogen (secondary N) is 1. The molecule has 0 unspecified atom stereocenters. The molecule has 19 heavy (non-hydrogen) atoms. The van der Waals surface area contributed by atoms with Crippen LogP contribution in [0.2, 0.25) is 10.0 Å². The lowest BCUT2D eigenvalue weighted by molar-refractivity contribution is 0.702. The van der Waals surface area contributed by atoms with Gasteiger partial charge < -0.3 is 5.32 Å². The van der Waals surface area contributed by atoms with Gasteiger partial charge in [0.15, 0.2) is 0 Å². The molecule has 2 rings (SSSR count). The fraction of sp³-hybridized carbons (Fsp3) is 0.182. The van der Waals surface area contributed by atoms with Crippen molar-refractivity contribution < 1.29 is 0 Å². The third-order valence-electron chi connectivity index (χ3n) is 2.57. The molecular weight excluding hydrogens is 291 g/mol. The summed E-state index contributed by atoms with van der Waals surface area (Å²) in [5.74, 6) is 0.186. The Morgan fingerprint density at radius 2 is 1.89 bits per heavy atom. The Morgan fingerprint density at radius 1 is 1.21 bits per heavy atom. The maximum Gasteiger partial charge on any atom is 0.359 e. The minimum Gasteiger partial charge on any atom is -0.358 e. The first kappa shape index (κ1) is 13.6. The summed E-state index contributed by atoms with van der Waals surface area (Å²) in [5.41, 5.74) is -0.899. The van der Waals surface area contributed by atoms with Crippen LogP contribution in [0.1, 0.15) is 0 Å². The topological polar surface area (TPSA) is 68.9 Å². The van der Waals surface area contributed by atoms with Gasteiger partial charge in [-0.25, -0.2) is 14.2 Å². The van der Waals surface area contributed by atoms with E-state index in [-0.39, 0.29) is 11.0 Å². The van der Waals surface area contributed by atoms with E-state index in [0.717, 1.165) is 4.57 Å². The Hall–Kier alpha value is -1.79. The largest absolute Gasteiger partial charge is 0.359 e. The summed E-state index contributed by atoms with van der Waals surface area (Å²) >= 11 is 11.7. The molecule has 1 heterocycles. The molecule has 0 aliphatic carbocycles. The van der Waals surface area contributed by atoms with Gasteiger partial charge in [-0.2, -0.15) is 4.98 Å². The Morgan fingerprint density at radius 3 is 2.47 bits per heavy atom. The van der Waals surface area contributed by atoms with Crippen molar-refractivity contribution in [3.05, 3.63) is 49.2 Å². The van der Waals surface area contributed by atoms with Gasteiger partial charge in [-0.05, 0) is 18.2 Å². The van der Waals surface area contributed by atoms with Crippen LogP contribution in [0.4, 0.5) is 5.95 Å². The van der Waals surface area contributed by atoms with Crippen LogP contribution in [0.25, 0.3) is 5.69 Å². The third-order valence-corrected chi connectivity index (χ3v) is 3.31. The normalized spacial score (nSPS) is 10.5. The highest BCUT2D eigenvalue weighted by Crippen LogP contribution is 2.23. The lowest BCUT2D eigenvalue weighted by Gasteiger charge is -2.10.